The number of hydrogen-bond donors (Lipinski definition) is 2. The molecule has 10 heteroatoms. The van der Waals surface area contributed by atoms with E-state index in [1.54, 1.807) is 48.0 Å². The molecule has 4 rings (SSSR count). The summed E-state index contributed by atoms with van der Waals surface area (Å²) in [6, 6.07) is 9.78. The van der Waals surface area contributed by atoms with Crippen molar-refractivity contribution in [3.8, 4) is 17.2 Å². The highest BCUT2D eigenvalue weighted by Gasteiger charge is 2.31. The number of piperidine rings is 1. The minimum Gasteiger partial charge on any atom is -0.492 e. The van der Waals surface area contributed by atoms with Gasteiger partial charge < -0.3 is 14.6 Å². The number of hydrogen-bond acceptors (Lipinski definition) is 6. The first kappa shape index (κ1) is 26.5. The number of rotatable bonds is 8. The SMILES string of the molecule is CC[C@H](c1ccc(C(=O)O)c(Oc2cccc(Cl)c2)c1OC)N1CCC[C@H](n2cc(C)c(=O)[nH]c2=O)C1. The van der Waals surface area contributed by atoms with Crippen molar-refractivity contribution in [1.82, 2.24) is 14.5 Å². The van der Waals surface area contributed by atoms with Crippen molar-refractivity contribution < 1.29 is 19.4 Å². The number of nitrogens with zero attached hydrogens (tertiary/aromatic N) is 2. The summed E-state index contributed by atoms with van der Waals surface area (Å²) in [6.45, 7) is 5.10. The number of aromatic amines is 1. The molecule has 0 aliphatic carbocycles. The summed E-state index contributed by atoms with van der Waals surface area (Å²) in [4.78, 5) is 41.1. The molecule has 2 aromatic carbocycles. The maximum absolute atomic E-state index is 12.5. The second kappa shape index (κ2) is 11.2. The molecule has 2 N–H and O–H groups in total. The Hall–Kier alpha value is -3.56. The third-order valence-corrected chi connectivity index (χ3v) is 6.98. The number of ether oxygens (including phenoxy) is 2. The van der Waals surface area contributed by atoms with Crippen molar-refractivity contribution in [3.63, 3.8) is 0 Å². The van der Waals surface area contributed by atoms with E-state index in [0.717, 1.165) is 24.9 Å². The molecule has 0 radical (unpaired) electrons. The molecule has 3 aromatic rings. The molecule has 0 saturated carbocycles. The van der Waals surface area contributed by atoms with Crippen LogP contribution in [-0.2, 0) is 0 Å². The maximum Gasteiger partial charge on any atom is 0.339 e. The molecule has 1 aliphatic rings. The normalized spacial score (nSPS) is 16.8. The van der Waals surface area contributed by atoms with Gasteiger partial charge in [-0.05, 0) is 57.0 Å². The van der Waals surface area contributed by atoms with E-state index in [9.17, 15) is 19.5 Å². The van der Waals surface area contributed by atoms with Crippen LogP contribution in [0.4, 0.5) is 0 Å². The number of aromatic nitrogens is 2. The zero-order valence-electron chi connectivity index (χ0n) is 21.0. The van der Waals surface area contributed by atoms with E-state index in [2.05, 4.69) is 9.88 Å². The van der Waals surface area contributed by atoms with Crippen LogP contribution in [0.15, 0.2) is 52.2 Å². The van der Waals surface area contributed by atoms with Crippen LogP contribution in [0.1, 0.15) is 59.8 Å². The summed E-state index contributed by atoms with van der Waals surface area (Å²) in [5.74, 6) is -0.301. The van der Waals surface area contributed by atoms with Gasteiger partial charge in [-0.25, -0.2) is 9.59 Å². The Morgan fingerprint density at radius 2 is 2.03 bits per heavy atom. The first-order chi connectivity index (χ1) is 17.7. The highest BCUT2D eigenvalue weighted by Crippen LogP contribution is 2.44. The molecule has 196 valence electrons. The second-order valence-electron chi connectivity index (χ2n) is 9.12. The number of likely N-dealkylation sites (tertiary alicyclic amines) is 1. The van der Waals surface area contributed by atoms with Crippen LogP contribution >= 0.6 is 11.6 Å². The van der Waals surface area contributed by atoms with E-state index in [-0.39, 0.29) is 29.0 Å². The van der Waals surface area contributed by atoms with E-state index in [4.69, 9.17) is 21.1 Å². The predicted octanol–water partition coefficient (Wildman–Crippen LogP) is 4.79. The van der Waals surface area contributed by atoms with Crippen molar-refractivity contribution in [2.24, 2.45) is 0 Å². The standard InChI is InChI=1S/C27H30ClN3O6/c1-4-22(30-12-6-8-18(15-30)31-14-16(2)25(32)29-27(31)35)20-10-11-21(26(33)34)24(23(20)36-3)37-19-9-5-7-17(28)13-19/h5,7,9-11,13-14,18,22H,4,6,8,12,15H2,1-3H3,(H,33,34)(H,29,32,35)/t18-,22+/m0/s1. The van der Waals surface area contributed by atoms with Gasteiger partial charge in [0.2, 0.25) is 0 Å². The molecule has 37 heavy (non-hydrogen) atoms. The van der Waals surface area contributed by atoms with Crippen molar-refractivity contribution in [2.45, 2.75) is 45.2 Å². The number of aromatic carboxylic acids is 1. The van der Waals surface area contributed by atoms with Gasteiger partial charge in [0.15, 0.2) is 11.5 Å². The minimum atomic E-state index is -1.14. The minimum absolute atomic E-state index is 0.0257. The second-order valence-corrected chi connectivity index (χ2v) is 9.56. The third kappa shape index (κ3) is 5.57. The van der Waals surface area contributed by atoms with E-state index in [1.807, 2.05) is 6.92 Å². The number of aryl methyl sites for hydroxylation is 1. The molecule has 9 nitrogen and oxygen atoms in total. The molecule has 0 bridgehead atoms. The number of H-pyrrole nitrogens is 1. The molecule has 2 heterocycles. The van der Waals surface area contributed by atoms with E-state index < -0.39 is 11.7 Å². The van der Waals surface area contributed by atoms with Gasteiger partial charge in [0.1, 0.15) is 11.3 Å². The zero-order chi connectivity index (χ0) is 26.7. The van der Waals surface area contributed by atoms with Crippen LogP contribution < -0.4 is 20.7 Å². The average Bonchev–Trinajstić information content (AvgIpc) is 2.87. The number of carboxylic acid groups (broad SMARTS) is 1. The lowest BCUT2D eigenvalue weighted by atomic mass is 9.95. The summed E-state index contributed by atoms with van der Waals surface area (Å²) < 4.78 is 13.4. The van der Waals surface area contributed by atoms with Crippen LogP contribution in [-0.4, -0.2) is 45.7 Å². The number of carboxylic acids is 1. The molecule has 0 unspecified atom stereocenters. The first-order valence-electron chi connectivity index (χ1n) is 12.2. The molecule has 0 amide bonds. The summed E-state index contributed by atoms with van der Waals surface area (Å²) in [5, 5.41) is 10.3. The Bertz CT molecular complexity index is 1420. The smallest absolute Gasteiger partial charge is 0.339 e. The molecule has 0 spiro atoms. The van der Waals surface area contributed by atoms with Crippen LogP contribution in [0.2, 0.25) is 5.02 Å². The largest absolute Gasteiger partial charge is 0.492 e. The quantitative estimate of drug-likeness (QED) is 0.433. The Labute approximate surface area is 219 Å². The van der Waals surface area contributed by atoms with Crippen LogP contribution in [0.3, 0.4) is 0 Å². The third-order valence-electron chi connectivity index (χ3n) is 6.75. The van der Waals surface area contributed by atoms with Crippen LogP contribution in [0.5, 0.6) is 17.2 Å². The molecule has 1 aromatic heterocycles. The first-order valence-corrected chi connectivity index (χ1v) is 12.5. The summed E-state index contributed by atoms with van der Waals surface area (Å²) in [6.07, 6.45) is 3.99. The summed E-state index contributed by atoms with van der Waals surface area (Å²) in [7, 11) is 1.49. The Kier molecular flexibility index (Phi) is 8.04. The van der Waals surface area contributed by atoms with Gasteiger partial charge in [-0.15, -0.1) is 0 Å². The van der Waals surface area contributed by atoms with Crippen molar-refractivity contribution in [1.29, 1.82) is 0 Å². The fourth-order valence-electron chi connectivity index (χ4n) is 4.99. The lowest BCUT2D eigenvalue weighted by Gasteiger charge is -2.39. The highest BCUT2D eigenvalue weighted by atomic mass is 35.5. The summed E-state index contributed by atoms with van der Waals surface area (Å²) in [5.41, 5.74) is 0.448. The van der Waals surface area contributed by atoms with Gasteiger partial charge in [0.05, 0.1) is 13.2 Å². The van der Waals surface area contributed by atoms with Gasteiger partial charge >= 0.3 is 11.7 Å². The molecular weight excluding hydrogens is 498 g/mol. The van der Waals surface area contributed by atoms with Gasteiger partial charge in [-0.3, -0.25) is 19.2 Å². The maximum atomic E-state index is 12.5. The topological polar surface area (TPSA) is 114 Å². The average molecular weight is 528 g/mol. The molecular formula is C27H30ClN3O6. The molecule has 2 atom stereocenters. The Morgan fingerprint density at radius 1 is 1.24 bits per heavy atom. The van der Waals surface area contributed by atoms with Crippen molar-refractivity contribution in [2.75, 3.05) is 20.2 Å². The van der Waals surface area contributed by atoms with Crippen LogP contribution in [0.25, 0.3) is 0 Å². The molecule has 1 aliphatic heterocycles. The monoisotopic (exact) mass is 527 g/mol. The number of halogens is 1. The molecule has 1 saturated heterocycles. The van der Waals surface area contributed by atoms with Gasteiger partial charge in [-0.2, -0.15) is 0 Å². The summed E-state index contributed by atoms with van der Waals surface area (Å²) >= 11 is 6.11. The fraction of sp³-hybridized carbons (Fsp3) is 0.370. The number of benzene rings is 2. The number of nitrogens with one attached hydrogen (secondary N) is 1. The van der Waals surface area contributed by atoms with Crippen molar-refractivity contribution >= 4 is 17.6 Å². The van der Waals surface area contributed by atoms with Crippen LogP contribution in [0, 0.1) is 6.92 Å². The van der Waals surface area contributed by atoms with Crippen molar-refractivity contribution in [3.05, 3.63) is 85.1 Å². The van der Waals surface area contributed by atoms with Gasteiger partial charge in [-0.1, -0.05) is 30.7 Å². The molecule has 1 fully saturated rings. The van der Waals surface area contributed by atoms with E-state index in [0.29, 0.717) is 35.1 Å². The van der Waals surface area contributed by atoms with E-state index >= 15 is 0 Å². The Morgan fingerprint density at radius 3 is 2.70 bits per heavy atom. The van der Waals surface area contributed by atoms with E-state index in [1.165, 1.54) is 13.2 Å². The lowest BCUT2D eigenvalue weighted by molar-refractivity contribution is 0.0693. The Balaban J connectivity index is 1.72. The number of carbonyl (C=O) groups is 1. The highest BCUT2D eigenvalue weighted by molar-refractivity contribution is 6.30. The lowest BCUT2D eigenvalue weighted by Crippen LogP contribution is -2.43. The number of methoxy groups -OCH3 is 1. The van der Waals surface area contributed by atoms with Gasteiger partial charge in [0, 0.05) is 34.9 Å². The fourth-order valence-corrected chi connectivity index (χ4v) is 5.17. The zero-order valence-corrected chi connectivity index (χ0v) is 21.7. The predicted molar refractivity (Wildman–Crippen MR) is 140 cm³/mol. The van der Waals surface area contributed by atoms with Gasteiger partial charge in [0.25, 0.3) is 5.56 Å².